The van der Waals surface area contributed by atoms with Gasteiger partial charge >= 0.3 is 0 Å². The molecule has 0 bridgehead atoms. The summed E-state index contributed by atoms with van der Waals surface area (Å²) in [5.41, 5.74) is 1.12. The average Bonchev–Trinajstić information content (AvgIpc) is 2.40. The minimum atomic E-state index is -0.113. The van der Waals surface area contributed by atoms with Gasteiger partial charge in [0.05, 0.1) is 12.2 Å². The molecule has 1 N–H and O–H groups in total. The van der Waals surface area contributed by atoms with Crippen molar-refractivity contribution in [3.63, 3.8) is 0 Å². The Morgan fingerprint density at radius 1 is 1.10 bits per heavy atom. The number of hydrogen-bond donors (Lipinski definition) is 1. The third-order valence-corrected chi connectivity index (χ3v) is 3.03. The number of rotatable bonds is 8. The van der Waals surface area contributed by atoms with Crippen LogP contribution in [0.1, 0.15) is 52.6 Å². The van der Waals surface area contributed by atoms with E-state index >= 15 is 0 Å². The molecule has 20 heavy (non-hydrogen) atoms. The SMILES string of the molecule is CCNC(CC)c1ccccc1OCCOC(C)(C)C. The normalized spacial score (nSPS) is 13.2. The lowest BCUT2D eigenvalue weighted by Gasteiger charge is -2.22. The molecule has 3 heteroatoms. The fraction of sp³-hybridized carbons (Fsp3) is 0.647. The molecule has 1 aromatic rings. The van der Waals surface area contributed by atoms with E-state index in [2.05, 4.69) is 52.1 Å². The van der Waals surface area contributed by atoms with E-state index in [0.29, 0.717) is 19.3 Å². The van der Waals surface area contributed by atoms with E-state index in [-0.39, 0.29) is 5.60 Å². The van der Waals surface area contributed by atoms with Gasteiger partial charge in [0.1, 0.15) is 12.4 Å². The van der Waals surface area contributed by atoms with Gasteiger partial charge in [-0.15, -0.1) is 0 Å². The molecule has 0 aliphatic carbocycles. The highest BCUT2D eigenvalue weighted by molar-refractivity contribution is 5.35. The summed E-state index contributed by atoms with van der Waals surface area (Å²) in [6.07, 6.45) is 1.05. The van der Waals surface area contributed by atoms with Crippen LogP contribution in [-0.4, -0.2) is 25.4 Å². The van der Waals surface area contributed by atoms with Crippen molar-refractivity contribution < 1.29 is 9.47 Å². The van der Waals surface area contributed by atoms with E-state index in [9.17, 15) is 0 Å². The maximum Gasteiger partial charge on any atom is 0.124 e. The Morgan fingerprint density at radius 2 is 1.80 bits per heavy atom. The highest BCUT2D eigenvalue weighted by Crippen LogP contribution is 2.27. The van der Waals surface area contributed by atoms with Crippen molar-refractivity contribution in [2.24, 2.45) is 0 Å². The first kappa shape index (κ1) is 17.0. The second-order valence-electron chi connectivity index (χ2n) is 5.87. The number of benzene rings is 1. The van der Waals surface area contributed by atoms with E-state index in [1.165, 1.54) is 5.56 Å². The molecule has 0 aromatic heterocycles. The molecular formula is C17H29NO2. The highest BCUT2D eigenvalue weighted by atomic mass is 16.5. The van der Waals surface area contributed by atoms with Crippen LogP contribution in [0.4, 0.5) is 0 Å². The number of hydrogen-bond acceptors (Lipinski definition) is 3. The van der Waals surface area contributed by atoms with E-state index < -0.39 is 0 Å². The van der Waals surface area contributed by atoms with Crippen molar-refractivity contribution in [3.8, 4) is 5.75 Å². The number of nitrogens with one attached hydrogen (secondary N) is 1. The molecule has 0 fully saturated rings. The Hall–Kier alpha value is -1.06. The lowest BCUT2D eigenvalue weighted by Crippen LogP contribution is -2.23. The summed E-state index contributed by atoms with van der Waals surface area (Å²) in [4.78, 5) is 0. The average molecular weight is 279 g/mol. The zero-order valence-corrected chi connectivity index (χ0v) is 13.5. The van der Waals surface area contributed by atoms with Crippen LogP contribution in [0.3, 0.4) is 0 Å². The standard InChI is InChI=1S/C17H29NO2/c1-6-15(18-7-2)14-10-8-9-11-16(14)19-12-13-20-17(3,4)5/h8-11,15,18H,6-7,12-13H2,1-5H3. The van der Waals surface area contributed by atoms with Gasteiger partial charge < -0.3 is 14.8 Å². The summed E-state index contributed by atoms with van der Waals surface area (Å²) < 4.78 is 11.6. The Labute approximate surface area is 123 Å². The van der Waals surface area contributed by atoms with Gasteiger partial charge in [-0.2, -0.15) is 0 Å². The Morgan fingerprint density at radius 3 is 2.40 bits per heavy atom. The van der Waals surface area contributed by atoms with Crippen molar-refractivity contribution in [1.29, 1.82) is 0 Å². The highest BCUT2D eigenvalue weighted by Gasteiger charge is 2.14. The van der Waals surface area contributed by atoms with Crippen LogP contribution >= 0.6 is 0 Å². The molecule has 0 amide bonds. The van der Waals surface area contributed by atoms with E-state index in [0.717, 1.165) is 18.7 Å². The van der Waals surface area contributed by atoms with Crippen molar-refractivity contribution >= 4 is 0 Å². The fourth-order valence-electron chi connectivity index (χ4n) is 2.12. The molecule has 0 spiro atoms. The minimum Gasteiger partial charge on any atom is -0.491 e. The Bertz CT molecular complexity index is 385. The zero-order chi connectivity index (χ0) is 15.0. The molecule has 0 aliphatic rings. The quantitative estimate of drug-likeness (QED) is 0.731. The predicted molar refractivity (Wildman–Crippen MR) is 84.4 cm³/mol. The number of para-hydroxylation sites is 1. The van der Waals surface area contributed by atoms with Crippen LogP contribution in [-0.2, 0) is 4.74 Å². The molecule has 1 atom stereocenters. The van der Waals surface area contributed by atoms with E-state index in [1.54, 1.807) is 0 Å². The summed E-state index contributed by atoms with van der Waals surface area (Å²) in [6.45, 7) is 12.6. The van der Waals surface area contributed by atoms with Gasteiger partial charge in [-0.25, -0.2) is 0 Å². The molecule has 3 nitrogen and oxygen atoms in total. The van der Waals surface area contributed by atoms with Gasteiger partial charge in [0, 0.05) is 11.6 Å². The van der Waals surface area contributed by atoms with Gasteiger partial charge in [-0.1, -0.05) is 32.0 Å². The van der Waals surface area contributed by atoms with Crippen molar-refractivity contribution in [1.82, 2.24) is 5.32 Å². The molecule has 0 saturated heterocycles. The maximum absolute atomic E-state index is 5.90. The summed E-state index contributed by atoms with van der Waals surface area (Å²) in [5.74, 6) is 0.956. The summed E-state index contributed by atoms with van der Waals surface area (Å²) in [5, 5.41) is 3.49. The van der Waals surface area contributed by atoms with Crippen LogP contribution in [0.5, 0.6) is 5.75 Å². The minimum absolute atomic E-state index is 0.113. The molecular weight excluding hydrogens is 250 g/mol. The Kier molecular flexibility index (Phi) is 7.03. The molecule has 0 heterocycles. The van der Waals surface area contributed by atoms with Gasteiger partial charge in [0.15, 0.2) is 0 Å². The molecule has 114 valence electrons. The first-order valence-corrected chi connectivity index (χ1v) is 7.57. The third-order valence-electron chi connectivity index (χ3n) is 3.03. The maximum atomic E-state index is 5.90. The largest absolute Gasteiger partial charge is 0.491 e. The van der Waals surface area contributed by atoms with Gasteiger partial charge in [-0.3, -0.25) is 0 Å². The molecule has 1 rings (SSSR count). The first-order chi connectivity index (χ1) is 9.48. The first-order valence-electron chi connectivity index (χ1n) is 7.57. The second kappa shape index (κ2) is 8.28. The van der Waals surface area contributed by atoms with Crippen LogP contribution in [0.2, 0.25) is 0 Å². The topological polar surface area (TPSA) is 30.5 Å². The molecule has 0 saturated carbocycles. The zero-order valence-electron chi connectivity index (χ0n) is 13.5. The predicted octanol–water partition coefficient (Wildman–Crippen LogP) is 3.94. The lowest BCUT2D eigenvalue weighted by molar-refractivity contribution is -0.0164. The van der Waals surface area contributed by atoms with Crippen molar-refractivity contribution in [3.05, 3.63) is 29.8 Å². The fourth-order valence-corrected chi connectivity index (χ4v) is 2.12. The molecule has 0 radical (unpaired) electrons. The lowest BCUT2D eigenvalue weighted by atomic mass is 10.0. The molecule has 0 aliphatic heterocycles. The monoisotopic (exact) mass is 279 g/mol. The van der Waals surface area contributed by atoms with Gasteiger partial charge in [-0.05, 0) is 39.8 Å². The Balaban J connectivity index is 2.61. The molecule has 1 aromatic carbocycles. The third kappa shape index (κ3) is 5.93. The molecule has 1 unspecified atom stereocenters. The van der Waals surface area contributed by atoms with E-state index in [4.69, 9.17) is 9.47 Å². The van der Waals surface area contributed by atoms with E-state index in [1.807, 2.05) is 12.1 Å². The van der Waals surface area contributed by atoms with Gasteiger partial charge in [0.2, 0.25) is 0 Å². The summed E-state index contributed by atoms with van der Waals surface area (Å²) in [7, 11) is 0. The van der Waals surface area contributed by atoms with Crippen LogP contribution < -0.4 is 10.1 Å². The van der Waals surface area contributed by atoms with Crippen LogP contribution in [0.25, 0.3) is 0 Å². The van der Waals surface area contributed by atoms with Crippen LogP contribution in [0.15, 0.2) is 24.3 Å². The summed E-state index contributed by atoms with van der Waals surface area (Å²) >= 11 is 0. The van der Waals surface area contributed by atoms with Crippen LogP contribution in [0, 0.1) is 0 Å². The summed E-state index contributed by atoms with van der Waals surface area (Å²) in [6, 6.07) is 8.60. The second-order valence-corrected chi connectivity index (χ2v) is 5.87. The smallest absolute Gasteiger partial charge is 0.124 e. The van der Waals surface area contributed by atoms with Crippen molar-refractivity contribution in [2.45, 2.75) is 52.7 Å². The van der Waals surface area contributed by atoms with Gasteiger partial charge in [0.25, 0.3) is 0 Å². The number of ether oxygens (including phenoxy) is 2. The van der Waals surface area contributed by atoms with Crippen molar-refractivity contribution in [2.75, 3.05) is 19.8 Å².